The van der Waals surface area contributed by atoms with Crippen LogP contribution in [0.25, 0.3) is 28.2 Å². The number of hydrogen-bond acceptors (Lipinski definition) is 2. The topological polar surface area (TPSA) is 58.8 Å². The van der Waals surface area contributed by atoms with Crippen molar-refractivity contribution in [2.45, 2.75) is 0 Å². The lowest BCUT2D eigenvalue weighted by molar-refractivity contribution is -0.562. The van der Waals surface area contributed by atoms with Gasteiger partial charge >= 0.3 is 0 Å². The summed E-state index contributed by atoms with van der Waals surface area (Å²) in [7, 11) is 0. The Bertz CT molecular complexity index is 927. The number of nitrogens with zero attached hydrogens (tertiary/aromatic N) is 2. The number of rotatable bonds is 2. The molecule has 0 aliphatic rings. The monoisotopic (exact) mass is 287 g/mol. The van der Waals surface area contributed by atoms with Crippen molar-refractivity contribution < 1.29 is 4.52 Å². The Morgan fingerprint density at radius 3 is 2.14 bits per heavy atom. The molecule has 4 heteroatoms. The fourth-order valence-electron chi connectivity index (χ4n) is 2.57. The molecule has 0 atom stereocenters. The number of hydrogen-bond donors (Lipinski definition) is 2. The Balaban J connectivity index is 1.88. The molecule has 22 heavy (non-hydrogen) atoms. The third kappa shape index (κ3) is 2.11. The summed E-state index contributed by atoms with van der Waals surface area (Å²) in [6.45, 7) is 0. The summed E-state index contributed by atoms with van der Waals surface area (Å²) in [6.07, 6.45) is 0. The number of aromatic amines is 1. The summed E-state index contributed by atoms with van der Waals surface area (Å²) in [4.78, 5) is 4.70. The predicted octanol–water partition coefficient (Wildman–Crippen LogP) is 3.06. The molecule has 0 spiro atoms. The number of H-pyrrole nitrogens is 1. The Labute approximate surface area is 127 Å². The molecule has 0 saturated heterocycles. The van der Waals surface area contributed by atoms with Gasteiger partial charge in [0.2, 0.25) is 5.82 Å². The van der Waals surface area contributed by atoms with E-state index in [-0.39, 0.29) is 0 Å². The van der Waals surface area contributed by atoms with E-state index >= 15 is 0 Å². The number of nitrogens with two attached hydrogens (primary N) is 1. The van der Waals surface area contributed by atoms with Gasteiger partial charge in [-0.2, -0.15) is 0 Å². The molecule has 3 N–H and O–H groups in total. The highest BCUT2D eigenvalue weighted by atomic mass is 15.3. The summed E-state index contributed by atoms with van der Waals surface area (Å²) in [5, 5.41) is 3.29. The summed E-state index contributed by atoms with van der Waals surface area (Å²) < 4.78 is 1.80. The number of nitrogen functional groups attached to an aromatic ring is 1. The van der Waals surface area contributed by atoms with Crippen molar-refractivity contribution in [2.24, 2.45) is 0 Å². The lowest BCUT2D eigenvalue weighted by atomic mass is 10.1. The minimum Gasteiger partial charge on any atom is -0.317 e. The lowest BCUT2D eigenvalue weighted by Gasteiger charge is -1.98. The number of benzene rings is 2. The largest absolute Gasteiger partial charge is 0.317 e. The normalized spacial score (nSPS) is 10.9. The molecule has 4 nitrogen and oxygen atoms in total. The highest BCUT2D eigenvalue weighted by molar-refractivity contribution is 5.66. The molecule has 2 heterocycles. The zero-order valence-electron chi connectivity index (χ0n) is 11.9. The summed E-state index contributed by atoms with van der Waals surface area (Å²) in [5.74, 6) is 0.631. The first-order valence-electron chi connectivity index (χ1n) is 7.13. The van der Waals surface area contributed by atoms with Crippen LogP contribution < -0.4 is 10.2 Å². The number of nitrogens with one attached hydrogen (secondary N) is 1. The zero-order valence-corrected chi connectivity index (χ0v) is 11.9. The second-order valence-corrected chi connectivity index (χ2v) is 5.16. The predicted molar refractivity (Wildman–Crippen MR) is 87.0 cm³/mol. The molecular weight excluding hydrogens is 272 g/mol. The van der Waals surface area contributed by atoms with E-state index in [9.17, 15) is 0 Å². The van der Waals surface area contributed by atoms with E-state index in [1.54, 1.807) is 4.52 Å². The quantitative estimate of drug-likeness (QED) is 0.557. The van der Waals surface area contributed by atoms with Gasteiger partial charge in [0.25, 0.3) is 5.65 Å². The van der Waals surface area contributed by atoms with Crippen LogP contribution >= 0.6 is 0 Å². The lowest BCUT2D eigenvalue weighted by Crippen LogP contribution is -2.28. The molecular formula is C18H15N4+. The van der Waals surface area contributed by atoms with Crippen molar-refractivity contribution in [3.05, 3.63) is 72.8 Å². The summed E-state index contributed by atoms with van der Waals surface area (Å²) in [6, 6.07) is 24.1. The van der Waals surface area contributed by atoms with Crippen LogP contribution in [0.15, 0.2) is 72.8 Å². The average Bonchev–Trinajstić information content (AvgIpc) is 3.01. The highest BCUT2D eigenvalue weighted by Crippen LogP contribution is 2.21. The van der Waals surface area contributed by atoms with Gasteiger partial charge in [-0.05, 0) is 0 Å². The van der Waals surface area contributed by atoms with E-state index in [0.29, 0.717) is 5.82 Å². The first-order valence-corrected chi connectivity index (χ1v) is 7.13. The molecule has 0 bridgehead atoms. The molecule has 0 unspecified atom stereocenters. The van der Waals surface area contributed by atoms with Crippen LogP contribution in [-0.4, -0.2) is 10.1 Å². The molecule has 0 saturated carbocycles. The van der Waals surface area contributed by atoms with Crippen molar-refractivity contribution in [1.29, 1.82) is 0 Å². The standard InChI is InChI=1S/C18H14N4/c19-17-11-15(13-7-3-1-4-8-13)20-18-12-16(21-22(17)18)14-9-5-2-6-10-14/h1-12H,(H2,19,20,21)/p+1. The molecule has 0 amide bonds. The molecule has 0 aliphatic carbocycles. The highest BCUT2D eigenvalue weighted by Gasteiger charge is 2.15. The van der Waals surface area contributed by atoms with E-state index in [1.165, 1.54) is 0 Å². The first kappa shape index (κ1) is 12.6. The SMILES string of the molecule is Nc1cc(-c2ccccc2)nc2cc(-c3ccccc3)[nH][n+]12. The van der Waals surface area contributed by atoms with Gasteiger partial charge in [-0.3, -0.25) is 0 Å². The van der Waals surface area contributed by atoms with Gasteiger partial charge in [0.15, 0.2) is 5.69 Å². The van der Waals surface area contributed by atoms with Crippen molar-refractivity contribution in [1.82, 2.24) is 10.1 Å². The van der Waals surface area contributed by atoms with Crippen LogP contribution in [0.1, 0.15) is 0 Å². The number of anilines is 1. The fraction of sp³-hybridized carbons (Fsp3) is 0. The Kier molecular flexibility index (Phi) is 2.86. The molecule has 4 rings (SSSR count). The van der Waals surface area contributed by atoms with Crippen LogP contribution in [0.4, 0.5) is 5.82 Å². The van der Waals surface area contributed by atoms with E-state index in [0.717, 1.165) is 28.2 Å². The molecule has 2 aromatic heterocycles. The average molecular weight is 287 g/mol. The number of fused-ring (bicyclic) bond motifs is 1. The Morgan fingerprint density at radius 1 is 0.818 bits per heavy atom. The van der Waals surface area contributed by atoms with E-state index in [2.05, 4.69) is 17.2 Å². The van der Waals surface area contributed by atoms with Crippen LogP contribution in [0, 0.1) is 0 Å². The van der Waals surface area contributed by atoms with E-state index in [4.69, 9.17) is 10.7 Å². The van der Waals surface area contributed by atoms with Gasteiger partial charge in [-0.25, -0.2) is 5.10 Å². The Morgan fingerprint density at radius 2 is 1.45 bits per heavy atom. The van der Waals surface area contributed by atoms with Crippen LogP contribution in [0.2, 0.25) is 0 Å². The zero-order chi connectivity index (χ0) is 14.9. The van der Waals surface area contributed by atoms with Gasteiger partial charge < -0.3 is 5.73 Å². The Hall–Kier alpha value is -3.14. The van der Waals surface area contributed by atoms with Crippen LogP contribution in [0.5, 0.6) is 0 Å². The van der Waals surface area contributed by atoms with Gasteiger partial charge in [0.1, 0.15) is 0 Å². The molecule has 0 fully saturated rings. The molecule has 0 aliphatic heterocycles. The smallest absolute Gasteiger partial charge is 0.287 e. The maximum atomic E-state index is 6.18. The molecule has 4 aromatic rings. The van der Waals surface area contributed by atoms with Gasteiger partial charge in [-0.1, -0.05) is 60.7 Å². The third-order valence-electron chi connectivity index (χ3n) is 3.67. The minimum atomic E-state index is 0.631. The second kappa shape index (κ2) is 5.00. The third-order valence-corrected chi connectivity index (χ3v) is 3.67. The maximum Gasteiger partial charge on any atom is 0.287 e. The van der Waals surface area contributed by atoms with Crippen molar-refractivity contribution in [2.75, 3.05) is 5.73 Å². The molecule has 2 aromatic carbocycles. The van der Waals surface area contributed by atoms with Crippen LogP contribution in [-0.2, 0) is 0 Å². The fourth-order valence-corrected chi connectivity index (χ4v) is 2.57. The van der Waals surface area contributed by atoms with E-state index < -0.39 is 0 Å². The summed E-state index contributed by atoms with van der Waals surface area (Å²) in [5.41, 5.74) is 11.0. The summed E-state index contributed by atoms with van der Waals surface area (Å²) >= 11 is 0. The molecule has 0 radical (unpaired) electrons. The second-order valence-electron chi connectivity index (χ2n) is 5.16. The maximum absolute atomic E-state index is 6.18. The first-order chi connectivity index (χ1) is 10.8. The van der Waals surface area contributed by atoms with E-state index in [1.807, 2.05) is 60.7 Å². The minimum absolute atomic E-state index is 0.631. The van der Waals surface area contributed by atoms with Crippen LogP contribution in [0.3, 0.4) is 0 Å². The van der Waals surface area contributed by atoms with Gasteiger partial charge in [0, 0.05) is 17.2 Å². The van der Waals surface area contributed by atoms with Gasteiger partial charge in [0.05, 0.1) is 11.8 Å². The van der Waals surface area contributed by atoms with Crippen molar-refractivity contribution >= 4 is 11.5 Å². The van der Waals surface area contributed by atoms with Crippen molar-refractivity contribution in [3.63, 3.8) is 0 Å². The molecule has 106 valence electrons. The van der Waals surface area contributed by atoms with Gasteiger partial charge in [-0.15, -0.1) is 9.50 Å². The number of aromatic nitrogens is 3. The van der Waals surface area contributed by atoms with Crippen molar-refractivity contribution in [3.8, 4) is 22.5 Å².